The lowest BCUT2D eigenvalue weighted by Gasteiger charge is -2.22. The minimum Gasteiger partial charge on any atom is -0.335 e. The number of carbonyl (C=O) groups excluding carboxylic acids is 2. The molecule has 0 saturated carbocycles. The SMILES string of the molecule is CNC(C(=O)N(C)CC(=O)Nc1cccc(C)c1C)c1cnn(C)c1.Cl. The molecule has 26 heavy (non-hydrogen) atoms. The van der Waals surface area contributed by atoms with E-state index in [0.717, 1.165) is 22.4 Å². The Hall–Kier alpha value is -2.38. The largest absolute Gasteiger partial charge is 0.335 e. The number of amides is 2. The molecule has 1 heterocycles. The summed E-state index contributed by atoms with van der Waals surface area (Å²) in [6.45, 7) is 3.93. The number of aromatic nitrogens is 2. The highest BCUT2D eigenvalue weighted by atomic mass is 35.5. The Kier molecular flexibility index (Phi) is 7.79. The smallest absolute Gasteiger partial charge is 0.244 e. The zero-order chi connectivity index (χ0) is 18.6. The van der Waals surface area contributed by atoms with Gasteiger partial charge in [-0.15, -0.1) is 12.4 Å². The third kappa shape index (κ3) is 5.06. The van der Waals surface area contributed by atoms with Gasteiger partial charge in [-0.2, -0.15) is 5.10 Å². The maximum Gasteiger partial charge on any atom is 0.244 e. The van der Waals surface area contributed by atoms with E-state index in [1.165, 1.54) is 4.90 Å². The molecule has 0 aliphatic rings. The number of rotatable bonds is 6. The van der Waals surface area contributed by atoms with Crippen molar-refractivity contribution in [1.29, 1.82) is 0 Å². The zero-order valence-corrected chi connectivity index (χ0v) is 16.6. The lowest BCUT2D eigenvalue weighted by Crippen LogP contribution is -2.41. The molecule has 2 aromatic rings. The molecule has 2 amide bonds. The summed E-state index contributed by atoms with van der Waals surface area (Å²) in [6, 6.07) is 5.21. The molecule has 1 aromatic carbocycles. The fourth-order valence-electron chi connectivity index (χ4n) is 2.61. The van der Waals surface area contributed by atoms with Gasteiger partial charge in [-0.1, -0.05) is 12.1 Å². The van der Waals surface area contributed by atoms with Gasteiger partial charge in [-0.25, -0.2) is 0 Å². The molecule has 1 aromatic heterocycles. The van der Waals surface area contributed by atoms with Crippen molar-refractivity contribution in [3.8, 4) is 0 Å². The fraction of sp³-hybridized carbons (Fsp3) is 0.389. The van der Waals surface area contributed by atoms with Crippen LogP contribution in [-0.4, -0.2) is 47.1 Å². The summed E-state index contributed by atoms with van der Waals surface area (Å²) in [5.74, 6) is -0.419. The van der Waals surface area contributed by atoms with E-state index in [1.807, 2.05) is 32.0 Å². The van der Waals surface area contributed by atoms with E-state index in [1.54, 1.807) is 38.2 Å². The number of hydrogen-bond donors (Lipinski definition) is 2. The van der Waals surface area contributed by atoms with E-state index < -0.39 is 6.04 Å². The Morgan fingerprint density at radius 3 is 2.58 bits per heavy atom. The first kappa shape index (κ1) is 21.7. The molecule has 0 fully saturated rings. The quantitative estimate of drug-likeness (QED) is 0.802. The van der Waals surface area contributed by atoms with Crippen molar-refractivity contribution in [3.63, 3.8) is 0 Å². The standard InChI is InChI=1S/C18H25N5O2.ClH/c1-12-7-6-8-15(13(12)2)21-16(24)11-22(4)18(25)17(19-3)14-9-20-23(5)10-14;/h6-10,17,19H,11H2,1-5H3,(H,21,24);1H. The van der Waals surface area contributed by atoms with Crippen molar-refractivity contribution in [1.82, 2.24) is 20.0 Å². The van der Waals surface area contributed by atoms with Gasteiger partial charge in [0.05, 0.1) is 12.7 Å². The Morgan fingerprint density at radius 1 is 1.31 bits per heavy atom. The zero-order valence-electron chi connectivity index (χ0n) is 15.7. The predicted octanol–water partition coefficient (Wildman–Crippen LogP) is 1.82. The third-order valence-electron chi connectivity index (χ3n) is 4.23. The van der Waals surface area contributed by atoms with Gasteiger partial charge in [0.25, 0.3) is 0 Å². The number of carbonyl (C=O) groups is 2. The Morgan fingerprint density at radius 2 is 2.00 bits per heavy atom. The van der Waals surface area contributed by atoms with Crippen LogP contribution in [0.4, 0.5) is 5.69 Å². The molecule has 0 radical (unpaired) electrons. The highest BCUT2D eigenvalue weighted by Crippen LogP contribution is 2.18. The van der Waals surface area contributed by atoms with E-state index in [4.69, 9.17) is 0 Å². The predicted molar refractivity (Wildman–Crippen MR) is 104 cm³/mol. The number of likely N-dealkylation sites (N-methyl/N-ethyl adjacent to an activating group) is 2. The van der Waals surface area contributed by atoms with Gasteiger partial charge in [0.15, 0.2) is 0 Å². The summed E-state index contributed by atoms with van der Waals surface area (Å²) in [4.78, 5) is 26.4. The summed E-state index contributed by atoms with van der Waals surface area (Å²) < 4.78 is 1.64. The van der Waals surface area contributed by atoms with Gasteiger partial charge < -0.3 is 15.5 Å². The average molecular weight is 380 g/mol. The lowest BCUT2D eigenvalue weighted by atomic mass is 10.1. The maximum absolute atomic E-state index is 12.6. The Labute approximate surface area is 160 Å². The molecule has 0 aliphatic heterocycles. The van der Waals surface area contributed by atoms with Crippen LogP contribution >= 0.6 is 12.4 Å². The van der Waals surface area contributed by atoms with Crippen molar-refractivity contribution in [3.05, 3.63) is 47.3 Å². The minimum absolute atomic E-state index is 0. The summed E-state index contributed by atoms with van der Waals surface area (Å²) in [6.07, 6.45) is 3.42. The second kappa shape index (κ2) is 9.35. The topological polar surface area (TPSA) is 79.3 Å². The van der Waals surface area contributed by atoms with Crippen LogP contribution in [0.5, 0.6) is 0 Å². The molecule has 1 unspecified atom stereocenters. The number of nitrogens with one attached hydrogen (secondary N) is 2. The first-order valence-electron chi connectivity index (χ1n) is 8.10. The number of hydrogen-bond acceptors (Lipinski definition) is 4. The second-order valence-electron chi connectivity index (χ2n) is 6.16. The molecule has 8 heteroatoms. The van der Waals surface area contributed by atoms with Crippen LogP contribution < -0.4 is 10.6 Å². The number of aryl methyl sites for hydroxylation is 2. The van der Waals surface area contributed by atoms with Gasteiger partial charge in [0, 0.05) is 31.5 Å². The number of halogens is 1. The molecule has 0 saturated heterocycles. The summed E-state index contributed by atoms with van der Waals surface area (Å²) in [5.41, 5.74) is 3.66. The normalized spacial score (nSPS) is 11.4. The van der Waals surface area contributed by atoms with Gasteiger partial charge in [-0.3, -0.25) is 14.3 Å². The summed E-state index contributed by atoms with van der Waals surface area (Å²) in [7, 11) is 5.12. The van der Waals surface area contributed by atoms with Crippen LogP contribution in [0, 0.1) is 13.8 Å². The number of benzene rings is 1. The van der Waals surface area contributed by atoms with Crippen molar-refractivity contribution < 1.29 is 9.59 Å². The highest BCUT2D eigenvalue weighted by molar-refractivity contribution is 5.96. The van der Waals surface area contributed by atoms with E-state index in [-0.39, 0.29) is 30.8 Å². The first-order chi connectivity index (χ1) is 11.8. The van der Waals surface area contributed by atoms with E-state index in [2.05, 4.69) is 15.7 Å². The molecular formula is C18H26ClN5O2. The Balaban J connectivity index is 0.00000338. The summed E-state index contributed by atoms with van der Waals surface area (Å²) >= 11 is 0. The molecule has 1 atom stereocenters. The van der Waals surface area contributed by atoms with Crippen LogP contribution in [0.15, 0.2) is 30.6 Å². The maximum atomic E-state index is 12.6. The molecule has 2 rings (SSSR count). The number of nitrogens with zero attached hydrogens (tertiary/aromatic N) is 3. The minimum atomic E-state index is -0.535. The van der Waals surface area contributed by atoms with Gasteiger partial charge >= 0.3 is 0 Å². The molecule has 0 bridgehead atoms. The van der Waals surface area contributed by atoms with Crippen LogP contribution in [0.2, 0.25) is 0 Å². The second-order valence-corrected chi connectivity index (χ2v) is 6.16. The molecule has 7 nitrogen and oxygen atoms in total. The van der Waals surface area contributed by atoms with Crippen LogP contribution in [0.3, 0.4) is 0 Å². The van der Waals surface area contributed by atoms with Crippen LogP contribution in [0.1, 0.15) is 22.7 Å². The fourth-order valence-corrected chi connectivity index (χ4v) is 2.61. The van der Waals surface area contributed by atoms with Gasteiger partial charge in [0.2, 0.25) is 11.8 Å². The van der Waals surface area contributed by atoms with Crippen molar-refractivity contribution in [2.75, 3.05) is 26.0 Å². The average Bonchev–Trinajstić information content (AvgIpc) is 2.98. The van der Waals surface area contributed by atoms with E-state index in [0.29, 0.717) is 0 Å². The molecule has 142 valence electrons. The first-order valence-corrected chi connectivity index (χ1v) is 8.10. The number of anilines is 1. The monoisotopic (exact) mass is 379 g/mol. The highest BCUT2D eigenvalue weighted by Gasteiger charge is 2.24. The molecule has 0 aliphatic carbocycles. The van der Waals surface area contributed by atoms with Crippen molar-refractivity contribution in [2.45, 2.75) is 19.9 Å². The summed E-state index contributed by atoms with van der Waals surface area (Å²) in [5, 5.41) is 9.93. The van der Waals surface area contributed by atoms with Crippen molar-refractivity contribution in [2.24, 2.45) is 7.05 Å². The van der Waals surface area contributed by atoms with E-state index >= 15 is 0 Å². The van der Waals surface area contributed by atoms with Crippen LogP contribution in [0.25, 0.3) is 0 Å². The molecule has 0 spiro atoms. The van der Waals surface area contributed by atoms with Crippen molar-refractivity contribution >= 4 is 29.9 Å². The van der Waals surface area contributed by atoms with Gasteiger partial charge in [0.1, 0.15) is 6.04 Å². The third-order valence-corrected chi connectivity index (χ3v) is 4.23. The van der Waals surface area contributed by atoms with Crippen LogP contribution in [-0.2, 0) is 16.6 Å². The molecule has 2 N–H and O–H groups in total. The van der Waals surface area contributed by atoms with Gasteiger partial charge in [-0.05, 0) is 38.1 Å². The van der Waals surface area contributed by atoms with E-state index in [9.17, 15) is 9.59 Å². The Bertz CT molecular complexity index is 775. The lowest BCUT2D eigenvalue weighted by molar-refractivity contribution is -0.135. The molecular weight excluding hydrogens is 354 g/mol.